The average molecular weight is 309 g/mol. The molecular formula is C13H25ClN2O4. The van der Waals surface area contributed by atoms with E-state index in [0.29, 0.717) is 19.4 Å². The van der Waals surface area contributed by atoms with Gasteiger partial charge in [-0.15, -0.1) is 12.4 Å². The summed E-state index contributed by atoms with van der Waals surface area (Å²) in [6, 6.07) is -0.750. The molecule has 0 bridgehead atoms. The first-order chi connectivity index (χ1) is 8.80. The third-order valence-electron chi connectivity index (χ3n) is 2.01. The Balaban J connectivity index is 0. The molecule has 1 amide bonds. The first-order valence-corrected chi connectivity index (χ1v) is 6.27. The zero-order valence-electron chi connectivity index (χ0n) is 12.3. The van der Waals surface area contributed by atoms with E-state index in [1.54, 1.807) is 20.8 Å². The van der Waals surface area contributed by atoms with Crippen LogP contribution in [0.5, 0.6) is 0 Å². The van der Waals surface area contributed by atoms with Gasteiger partial charge in [0.05, 0.1) is 0 Å². The largest absolute Gasteiger partial charge is 0.458 e. The molecule has 0 aliphatic rings. The van der Waals surface area contributed by atoms with Crippen molar-refractivity contribution in [3.05, 3.63) is 12.7 Å². The lowest BCUT2D eigenvalue weighted by atomic mass is 10.1. The van der Waals surface area contributed by atoms with Crippen molar-refractivity contribution < 1.29 is 19.1 Å². The van der Waals surface area contributed by atoms with Crippen molar-refractivity contribution in [1.82, 2.24) is 5.32 Å². The van der Waals surface area contributed by atoms with E-state index in [9.17, 15) is 9.59 Å². The molecule has 0 rings (SSSR count). The molecule has 6 nitrogen and oxygen atoms in total. The van der Waals surface area contributed by atoms with Gasteiger partial charge in [0, 0.05) is 0 Å². The van der Waals surface area contributed by atoms with Gasteiger partial charge in [0.2, 0.25) is 0 Å². The number of rotatable bonds is 7. The molecule has 0 aromatic heterocycles. The molecule has 0 aromatic rings. The Hall–Kier alpha value is -1.27. The minimum absolute atomic E-state index is 0. The van der Waals surface area contributed by atoms with Crippen LogP contribution >= 0.6 is 12.4 Å². The maximum absolute atomic E-state index is 11.9. The minimum Gasteiger partial charge on any atom is -0.458 e. The number of carbonyl (C=O) groups excluding carboxylic acids is 2. The Labute approximate surface area is 126 Å². The molecule has 0 aliphatic heterocycles. The standard InChI is InChI=1S/C13H24N2O4.ClH/c1-5-9-18-12(17)15-10(7-6-8-14)11(16)19-13(2,3)4;/h5,10H,1,6-9,14H2,2-4H3,(H,15,17);1H/t10-;/m0./s1. The van der Waals surface area contributed by atoms with Gasteiger partial charge in [-0.05, 0) is 40.2 Å². The van der Waals surface area contributed by atoms with E-state index < -0.39 is 23.7 Å². The van der Waals surface area contributed by atoms with Crippen LogP contribution in [0.1, 0.15) is 33.6 Å². The fourth-order valence-corrected chi connectivity index (χ4v) is 1.26. The Bertz CT molecular complexity index is 316. The molecule has 7 heteroatoms. The quantitative estimate of drug-likeness (QED) is 0.552. The Morgan fingerprint density at radius 3 is 2.45 bits per heavy atom. The lowest BCUT2D eigenvalue weighted by Crippen LogP contribution is -2.44. The van der Waals surface area contributed by atoms with Gasteiger partial charge >= 0.3 is 12.1 Å². The van der Waals surface area contributed by atoms with Crippen molar-refractivity contribution in [2.24, 2.45) is 5.73 Å². The van der Waals surface area contributed by atoms with Gasteiger partial charge in [-0.1, -0.05) is 12.7 Å². The molecule has 0 unspecified atom stereocenters. The van der Waals surface area contributed by atoms with Crippen LogP contribution in [0.4, 0.5) is 4.79 Å². The molecule has 3 N–H and O–H groups in total. The summed E-state index contributed by atoms with van der Waals surface area (Å²) in [5.41, 5.74) is 4.80. The zero-order chi connectivity index (χ0) is 14.9. The van der Waals surface area contributed by atoms with Gasteiger partial charge in [0.1, 0.15) is 18.2 Å². The summed E-state index contributed by atoms with van der Waals surface area (Å²) in [5.74, 6) is -0.489. The summed E-state index contributed by atoms with van der Waals surface area (Å²) in [4.78, 5) is 23.3. The number of nitrogens with one attached hydrogen (secondary N) is 1. The van der Waals surface area contributed by atoms with Crippen LogP contribution in [-0.4, -0.2) is 36.9 Å². The number of alkyl carbamates (subject to hydrolysis) is 1. The third kappa shape index (κ3) is 10.6. The third-order valence-corrected chi connectivity index (χ3v) is 2.01. The SMILES string of the molecule is C=CCOC(=O)N[C@@H](CCCN)C(=O)OC(C)(C)C.Cl. The molecule has 0 aromatic carbocycles. The van der Waals surface area contributed by atoms with Crippen LogP contribution in [0, 0.1) is 0 Å². The second-order valence-corrected chi connectivity index (χ2v) is 5.05. The number of esters is 1. The van der Waals surface area contributed by atoms with Crippen molar-refractivity contribution in [2.75, 3.05) is 13.2 Å². The highest BCUT2D eigenvalue weighted by molar-refractivity contribution is 5.85. The highest BCUT2D eigenvalue weighted by Gasteiger charge is 2.26. The van der Waals surface area contributed by atoms with Crippen molar-refractivity contribution in [2.45, 2.75) is 45.3 Å². The second kappa shape index (κ2) is 10.5. The summed E-state index contributed by atoms with van der Waals surface area (Å²) in [6.45, 7) is 9.25. The normalized spacial score (nSPS) is 11.8. The summed E-state index contributed by atoms with van der Waals surface area (Å²) >= 11 is 0. The molecule has 0 radical (unpaired) electrons. The predicted octanol–water partition coefficient (Wildman–Crippen LogP) is 1.77. The molecule has 0 spiro atoms. The first-order valence-electron chi connectivity index (χ1n) is 6.27. The fraction of sp³-hybridized carbons (Fsp3) is 0.692. The highest BCUT2D eigenvalue weighted by Crippen LogP contribution is 2.10. The summed E-state index contributed by atoms with van der Waals surface area (Å²) in [6.07, 6.45) is 1.79. The van der Waals surface area contributed by atoms with Crippen molar-refractivity contribution in [1.29, 1.82) is 0 Å². The van der Waals surface area contributed by atoms with Crippen LogP contribution in [0.3, 0.4) is 0 Å². The molecule has 0 saturated heterocycles. The predicted molar refractivity (Wildman–Crippen MR) is 79.9 cm³/mol. The lowest BCUT2D eigenvalue weighted by molar-refractivity contribution is -0.157. The number of halogens is 1. The van der Waals surface area contributed by atoms with Gasteiger partial charge in [0.15, 0.2) is 0 Å². The molecule has 1 atom stereocenters. The fourth-order valence-electron chi connectivity index (χ4n) is 1.26. The van der Waals surface area contributed by atoms with Crippen molar-refractivity contribution in [3.63, 3.8) is 0 Å². The van der Waals surface area contributed by atoms with Crippen LogP contribution in [0.25, 0.3) is 0 Å². The highest BCUT2D eigenvalue weighted by atomic mass is 35.5. The summed E-state index contributed by atoms with van der Waals surface area (Å²) < 4.78 is 10.0. The Morgan fingerprint density at radius 2 is 2.00 bits per heavy atom. The lowest BCUT2D eigenvalue weighted by Gasteiger charge is -2.24. The average Bonchev–Trinajstić information content (AvgIpc) is 2.29. The van der Waals surface area contributed by atoms with E-state index >= 15 is 0 Å². The maximum Gasteiger partial charge on any atom is 0.408 e. The topological polar surface area (TPSA) is 90.6 Å². The first kappa shape index (κ1) is 21.0. The van der Waals surface area contributed by atoms with Crippen molar-refractivity contribution in [3.8, 4) is 0 Å². The van der Waals surface area contributed by atoms with Gasteiger partial charge < -0.3 is 20.5 Å². The van der Waals surface area contributed by atoms with E-state index in [1.165, 1.54) is 6.08 Å². The molecular weight excluding hydrogens is 284 g/mol. The Kier molecular flexibility index (Phi) is 11.1. The summed E-state index contributed by atoms with van der Waals surface area (Å²) in [5, 5.41) is 2.47. The van der Waals surface area contributed by atoms with Crippen LogP contribution in [0.2, 0.25) is 0 Å². The van der Waals surface area contributed by atoms with Gasteiger partial charge in [-0.2, -0.15) is 0 Å². The smallest absolute Gasteiger partial charge is 0.408 e. The van der Waals surface area contributed by atoms with E-state index in [4.69, 9.17) is 15.2 Å². The van der Waals surface area contributed by atoms with Crippen molar-refractivity contribution >= 4 is 24.5 Å². The maximum atomic E-state index is 11.9. The molecule has 0 fully saturated rings. The van der Waals surface area contributed by atoms with Crippen LogP contribution < -0.4 is 11.1 Å². The number of amides is 1. The van der Waals surface area contributed by atoms with E-state index in [2.05, 4.69) is 11.9 Å². The van der Waals surface area contributed by atoms with Gasteiger partial charge in [-0.3, -0.25) is 0 Å². The van der Waals surface area contributed by atoms with Crippen LogP contribution in [0.15, 0.2) is 12.7 Å². The molecule has 0 saturated carbocycles. The number of ether oxygens (including phenoxy) is 2. The minimum atomic E-state index is -0.750. The molecule has 0 aliphatic carbocycles. The molecule has 118 valence electrons. The number of hydrogen-bond acceptors (Lipinski definition) is 5. The zero-order valence-corrected chi connectivity index (χ0v) is 13.1. The van der Waals surface area contributed by atoms with E-state index in [1.807, 2.05) is 0 Å². The Morgan fingerprint density at radius 1 is 1.40 bits per heavy atom. The molecule has 0 heterocycles. The van der Waals surface area contributed by atoms with E-state index in [-0.39, 0.29) is 19.0 Å². The number of nitrogens with two attached hydrogens (primary N) is 1. The number of hydrogen-bond donors (Lipinski definition) is 2. The number of carbonyl (C=O) groups is 2. The van der Waals surface area contributed by atoms with E-state index in [0.717, 1.165) is 0 Å². The van der Waals surface area contributed by atoms with Crippen LogP contribution in [-0.2, 0) is 14.3 Å². The van der Waals surface area contributed by atoms with Gasteiger partial charge in [0.25, 0.3) is 0 Å². The summed E-state index contributed by atoms with van der Waals surface area (Å²) in [7, 11) is 0. The van der Waals surface area contributed by atoms with Gasteiger partial charge in [-0.25, -0.2) is 9.59 Å². The molecule has 20 heavy (non-hydrogen) atoms. The monoisotopic (exact) mass is 308 g/mol. The second-order valence-electron chi connectivity index (χ2n) is 5.05.